The van der Waals surface area contributed by atoms with Crippen LogP contribution in [0.25, 0.3) is 21.8 Å². The number of aliphatic hydroxyl groups excluding tert-OH is 1. The Morgan fingerprint density at radius 1 is 1.06 bits per heavy atom. The molecule has 5 rings (SSSR count). The van der Waals surface area contributed by atoms with Crippen molar-refractivity contribution in [1.29, 1.82) is 0 Å². The molecule has 4 N–H and O–H groups in total. The third-order valence-electron chi connectivity index (χ3n) is 6.65. The van der Waals surface area contributed by atoms with Crippen LogP contribution in [0.2, 0.25) is 0 Å². The number of hydrogen-bond donors (Lipinski definition) is 4. The van der Waals surface area contributed by atoms with E-state index in [9.17, 15) is 19.5 Å². The van der Waals surface area contributed by atoms with E-state index >= 15 is 0 Å². The van der Waals surface area contributed by atoms with Crippen LogP contribution in [0.4, 0.5) is 11.4 Å². The Labute approximate surface area is 210 Å². The first-order valence-corrected chi connectivity index (χ1v) is 11.8. The number of carbonyl (C=O) groups is 3. The van der Waals surface area contributed by atoms with Gasteiger partial charge >= 0.3 is 5.97 Å². The monoisotopic (exact) mass is 507 g/mol. The number of nitrogens with one attached hydrogen (secondary N) is 3. The Hall–Kier alpha value is -4.08. The van der Waals surface area contributed by atoms with Gasteiger partial charge in [0.1, 0.15) is 29.4 Å². The lowest BCUT2D eigenvalue weighted by atomic mass is 10.1. The molecule has 1 amide bonds. The number of halogens is 1. The van der Waals surface area contributed by atoms with Crippen LogP contribution in [0.15, 0.2) is 60.5 Å². The van der Waals surface area contributed by atoms with Crippen LogP contribution >= 0.6 is 11.6 Å². The van der Waals surface area contributed by atoms with Crippen molar-refractivity contribution in [3.63, 3.8) is 0 Å². The lowest BCUT2D eigenvalue weighted by molar-refractivity contribution is -0.119. The van der Waals surface area contributed by atoms with E-state index in [1.807, 2.05) is 18.2 Å². The van der Waals surface area contributed by atoms with Crippen molar-refractivity contribution in [3.05, 3.63) is 71.9 Å². The summed E-state index contributed by atoms with van der Waals surface area (Å²) in [6.07, 6.45) is 1.56. The van der Waals surface area contributed by atoms with Crippen molar-refractivity contribution in [2.75, 3.05) is 25.0 Å². The number of anilines is 1. The van der Waals surface area contributed by atoms with Crippen LogP contribution in [0, 0.1) is 5.92 Å². The SMILES string of the molecule is COC(=O)c1cc2cc(NC(=O)c3cc4cc([N+]5(CCl)CC(C(C)=O)C=C5O)ccc4[nH]3)ccc2[nH]1. The van der Waals surface area contributed by atoms with Gasteiger partial charge in [-0.2, -0.15) is 0 Å². The first kappa shape index (κ1) is 23.7. The van der Waals surface area contributed by atoms with Crippen molar-refractivity contribution in [3.8, 4) is 0 Å². The summed E-state index contributed by atoms with van der Waals surface area (Å²) in [4.78, 5) is 42.7. The summed E-state index contributed by atoms with van der Waals surface area (Å²) in [5.74, 6) is -1.21. The molecule has 0 bridgehead atoms. The highest BCUT2D eigenvalue weighted by Crippen LogP contribution is 2.37. The van der Waals surface area contributed by atoms with E-state index in [1.165, 1.54) is 14.0 Å². The minimum absolute atomic E-state index is 0.0345. The van der Waals surface area contributed by atoms with E-state index in [-0.39, 0.29) is 28.1 Å². The molecule has 4 aromatic rings. The molecule has 1 aliphatic heterocycles. The van der Waals surface area contributed by atoms with Crippen LogP contribution < -0.4 is 9.80 Å². The molecule has 3 heterocycles. The number of ether oxygens (including phenoxy) is 1. The molecule has 184 valence electrons. The molecule has 0 aliphatic carbocycles. The number of Topliss-reactive ketones (excluding diaryl/α,β-unsaturated/α-hetero) is 1. The molecule has 0 spiro atoms. The second-order valence-electron chi connectivity index (χ2n) is 8.90. The molecule has 2 atom stereocenters. The van der Waals surface area contributed by atoms with Crippen molar-refractivity contribution in [1.82, 2.24) is 14.5 Å². The van der Waals surface area contributed by atoms with Gasteiger partial charge in [-0.15, -0.1) is 0 Å². The van der Waals surface area contributed by atoms with Crippen molar-refractivity contribution in [2.24, 2.45) is 5.92 Å². The third kappa shape index (κ3) is 3.92. The number of methoxy groups -OCH3 is 1. The summed E-state index contributed by atoms with van der Waals surface area (Å²) in [7, 11) is 1.31. The number of amides is 1. The number of alkyl halides is 1. The summed E-state index contributed by atoms with van der Waals surface area (Å²) in [6.45, 7) is 1.84. The fourth-order valence-corrected chi connectivity index (χ4v) is 4.96. The fourth-order valence-electron chi connectivity index (χ4n) is 4.60. The number of aromatic nitrogens is 2. The van der Waals surface area contributed by atoms with Crippen LogP contribution in [0.1, 0.15) is 27.9 Å². The van der Waals surface area contributed by atoms with E-state index < -0.39 is 11.9 Å². The van der Waals surface area contributed by atoms with E-state index in [0.717, 1.165) is 27.5 Å². The second kappa shape index (κ2) is 8.85. The van der Waals surface area contributed by atoms with E-state index in [4.69, 9.17) is 16.3 Å². The molecule has 1 aliphatic rings. The van der Waals surface area contributed by atoms with Crippen molar-refractivity contribution < 1.29 is 24.2 Å². The third-order valence-corrected chi connectivity index (χ3v) is 7.06. The zero-order chi connectivity index (χ0) is 25.6. The molecule has 2 aromatic heterocycles. The number of rotatable bonds is 6. The Balaban J connectivity index is 1.40. The zero-order valence-electron chi connectivity index (χ0n) is 19.6. The van der Waals surface area contributed by atoms with Crippen molar-refractivity contribution >= 4 is 62.4 Å². The number of aromatic amines is 2. The quantitative estimate of drug-likeness (QED) is 0.129. The maximum Gasteiger partial charge on any atom is 0.354 e. The lowest BCUT2D eigenvalue weighted by Crippen LogP contribution is -2.46. The number of ketones is 1. The minimum Gasteiger partial charge on any atom is -0.467 e. The van der Waals surface area contributed by atoms with Gasteiger partial charge in [0.15, 0.2) is 6.00 Å². The molecular weight excluding hydrogens is 484 g/mol. The van der Waals surface area contributed by atoms with Crippen LogP contribution in [-0.4, -0.2) is 52.4 Å². The largest absolute Gasteiger partial charge is 0.467 e. The topological polar surface area (TPSA) is 124 Å². The molecule has 0 saturated carbocycles. The summed E-state index contributed by atoms with van der Waals surface area (Å²) in [5, 5.41) is 15.0. The number of nitrogens with zero attached hydrogens (tertiary/aromatic N) is 1. The zero-order valence-corrected chi connectivity index (χ0v) is 20.3. The minimum atomic E-state index is -0.470. The average Bonchev–Trinajstić information content (AvgIpc) is 3.57. The Kier molecular flexibility index (Phi) is 5.82. The lowest BCUT2D eigenvalue weighted by Gasteiger charge is -2.31. The van der Waals surface area contributed by atoms with E-state index in [2.05, 4.69) is 15.3 Å². The smallest absolute Gasteiger partial charge is 0.354 e. The fraction of sp³-hybridized carbons (Fsp3) is 0.192. The highest BCUT2D eigenvalue weighted by molar-refractivity contribution is 6.18. The van der Waals surface area contributed by atoms with Crippen LogP contribution in [-0.2, 0) is 9.53 Å². The average molecular weight is 508 g/mol. The molecule has 2 aromatic carbocycles. The molecular formula is C26H24ClN4O5+. The van der Waals surface area contributed by atoms with E-state index in [1.54, 1.807) is 36.4 Å². The molecule has 9 nitrogen and oxygen atoms in total. The second-order valence-corrected chi connectivity index (χ2v) is 9.14. The Bertz CT molecular complexity index is 1570. The van der Waals surface area contributed by atoms with Gasteiger partial charge in [-0.25, -0.2) is 9.28 Å². The molecule has 0 fully saturated rings. The summed E-state index contributed by atoms with van der Waals surface area (Å²) < 4.78 is 4.70. The highest BCUT2D eigenvalue weighted by atomic mass is 35.5. The Morgan fingerprint density at radius 2 is 1.72 bits per heavy atom. The van der Waals surface area contributed by atoms with Gasteiger partial charge in [0, 0.05) is 45.7 Å². The van der Waals surface area contributed by atoms with E-state index in [0.29, 0.717) is 23.6 Å². The van der Waals surface area contributed by atoms with Gasteiger partial charge < -0.3 is 25.1 Å². The maximum absolute atomic E-state index is 13.0. The Morgan fingerprint density at radius 3 is 2.39 bits per heavy atom. The van der Waals surface area contributed by atoms with Gasteiger partial charge in [-0.3, -0.25) is 9.59 Å². The number of benzene rings is 2. The maximum atomic E-state index is 13.0. The van der Waals surface area contributed by atoms with Gasteiger partial charge in [0.25, 0.3) is 11.8 Å². The van der Waals surface area contributed by atoms with Gasteiger partial charge in [-0.05, 0) is 43.3 Å². The van der Waals surface area contributed by atoms with Gasteiger partial charge in [0.2, 0.25) is 0 Å². The van der Waals surface area contributed by atoms with Crippen LogP contribution in [0.5, 0.6) is 0 Å². The summed E-state index contributed by atoms with van der Waals surface area (Å²) >= 11 is 6.29. The number of hydrogen-bond acceptors (Lipinski definition) is 5. The number of esters is 1. The highest BCUT2D eigenvalue weighted by Gasteiger charge is 2.44. The summed E-state index contributed by atoms with van der Waals surface area (Å²) in [6, 6.07) is 14.2. The number of carbonyl (C=O) groups excluding carboxylic acids is 3. The molecule has 0 saturated heterocycles. The first-order chi connectivity index (χ1) is 17.2. The standard InChI is InChI=1S/C26H23ClN4O5/c1-14(32)17-11-24(33)31(12-17,13-27)19-4-6-21-16(8-19)9-22(29-21)25(34)28-18-3-5-20-15(7-18)10-23(30-20)26(35)36-2/h3-11,17H,12-13H2,1-2H3,(H3-,28,29,30,33,34,35)/p+1. The predicted molar refractivity (Wildman–Crippen MR) is 138 cm³/mol. The van der Waals surface area contributed by atoms with Crippen molar-refractivity contribution in [2.45, 2.75) is 6.92 Å². The number of quaternary nitrogens is 1. The first-order valence-electron chi connectivity index (χ1n) is 11.2. The van der Waals surface area contributed by atoms with Crippen LogP contribution in [0.3, 0.4) is 0 Å². The molecule has 2 unspecified atom stereocenters. The summed E-state index contributed by atoms with van der Waals surface area (Å²) in [5.41, 5.74) is 3.46. The normalized spacial score (nSPS) is 19.4. The molecule has 10 heteroatoms. The number of fused-ring (bicyclic) bond motifs is 2. The molecule has 0 radical (unpaired) electrons. The number of aliphatic hydroxyl groups is 1. The number of H-pyrrole nitrogens is 2. The predicted octanol–water partition coefficient (Wildman–Crippen LogP) is 4.81. The van der Waals surface area contributed by atoms with Gasteiger partial charge in [-0.1, -0.05) is 11.6 Å². The molecule has 36 heavy (non-hydrogen) atoms. The van der Waals surface area contributed by atoms with Gasteiger partial charge in [0.05, 0.1) is 13.0 Å².